The van der Waals surface area contributed by atoms with Crippen molar-refractivity contribution in [1.29, 1.82) is 0 Å². The number of nitrogens with zero attached hydrogens (tertiary/aromatic N) is 6. The van der Waals surface area contributed by atoms with Gasteiger partial charge in [0, 0.05) is 36.6 Å². The summed E-state index contributed by atoms with van der Waals surface area (Å²) in [5.74, 6) is 3.09. The van der Waals surface area contributed by atoms with E-state index in [1.54, 1.807) is 12.4 Å². The lowest BCUT2D eigenvalue weighted by Crippen LogP contribution is -2.28. The zero-order valence-electron chi connectivity index (χ0n) is 24.8. The number of aryl methyl sites for hydroxylation is 2. The number of nitrogens with one attached hydrogen (secondary N) is 2. The van der Waals surface area contributed by atoms with Crippen LogP contribution < -0.4 is 15.7 Å². The number of hydroxylamine groups is 1. The third-order valence-corrected chi connectivity index (χ3v) is 9.47. The van der Waals surface area contributed by atoms with E-state index in [4.69, 9.17) is 30.9 Å². The van der Waals surface area contributed by atoms with Gasteiger partial charge in [0.15, 0.2) is 6.17 Å². The van der Waals surface area contributed by atoms with Gasteiger partial charge >= 0.3 is 6.09 Å². The average Bonchev–Trinajstić information content (AvgIpc) is 3.80. The Morgan fingerprint density at radius 3 is 2.70 bits per heavy atom. The van der Waals surface area contributed by atoms with E-state index in [1.165, 1.54) is 31.2 Å². The first-order valence-electron chi connectivity index (χ1n) is 15.4. The van der Waals surface area contributed by atoms with Crippen molar-refractivity contribution in [3.05, 3.63) is 52.3 Å². The maximum absolute atomic E-state index is 11.9. The number of imidazole rings is 1. The molecule has 43 heavy (non-hydrogen) atoms. The van der Waals surface area contributed by atoms with Crippen molar-refractivity contribution in [2.75, 3.05) is 11.4 Å². The zero-order chi connectivity index (χ0) is 29.7. The highest BCUT2D eigenvalue weighted by Gasteiger charge is 2.36. The van der Waals surface area contributed by atoms with Crippen molar-refractivity contribution in [3.63, 3.8) is 0 Å². The molecule has 7 rings (SSSR count). The van der Waals surface area contributed by atoms with E-state index in [9.17, 15) is 4.79 Å². The molecule has 2 atom stereocenters. The average molecular weight is 605 g/mol. The highest BCUT2D eigenvalue weighted by molar-refractivity contribution is 6.30. The Balaban J connectivity index is 1.42. The minimum atomic E-state index is -0.609. The number of hydrogen-bond acceptors (Lipinski definition) is 9. The highest BCUT2D eigenvalue weighted by Crippen LogP contribution is 2.42. The van der Waals surface area contributed by atoms with Gasteiger partial charge in [0.05, 0.1) is 39.2 Å². The van der Waals surface area contributed by atoms with Crippen molar-refractivity contribution in [1.82, 2.24) is 35.5 Å². The molecule has 11 nitrogen and oxygen atoms in total. The first-order valence-corrected chi connectivity index (χ1v) is 15.7. The summed E-state index contributed by atoms with van der Waals surface area (Å²) in [6.07, 6.45) is 9.94. The number of pyridine rings is 2. The Bertz CT molecular complexity index is 1660. The van der Waals surface area contributed by atoms with E-state index in [0.717, 1.165) is 78.0 Å². The maximum atomic E-state index is 11.9. The van der Waals surface area contributed by atoms with Crippen molar-refractivity contribution < 1.29 is 14.2 Å². The lowest BCUT2D eigenvalue weighted by atomic mass is 9.83. The molecule has 3 aliphatic rings. The van der Waals surface area contributed by atoms with Gasteiger partial charge in [-0.2, -0.15) is 0 Å². The summed E-state index contributed by atoms with van der Waals surface area (Å²) < 4.78 is 8.07. The topological polar surface area (TPSA) is 123 Å². The van der Waals surface area contributed by atoms with Crippen LogP contribution in [0.5, 0.6) is 0 Å². The van der Waals surface area contributed by atoms with Gasteiger partial charge < -0.3 is 18.8 Å². The largest absolute Gasteiger partial charge is 0.427 e. The molecule has 3 fully saturated rings. The van der Waals surface area contributed by atoms with Crippen LogP contribution in [0.4, 0.5) is 10.7 Å². The van der Waals surface area contributed by atoms with Crippen LogP contribution in [-0.2, 0) is 17.8 Å². The first-order chi connectivity index (χ1) is 20.9. The third-order valence-electron chi connectivity index (χ3n) is 9.27. The standard InChI is InChI=1S/C31H37ClN8O3/c1-4-22-26(18(3)42-37-22)25-6-5-11-39(25)30-35-23-13-24(29-36-31(41)43-38-29)34-27(20-12-21(32)15-33-14-20)28(23)40(30)16-19-9-7-17(2)8-10-19/h12-15,17,19,25,29,38H,4-11,16H2,1-3H3,(H,36,41). The summed E-state index contributed by atoms with van der Waals surface area (Å²) in [7, 11) is 0. The lowest BCUT2D eigenvalue weighted by Gasteiger charge is -2.30. The molecule has 4 aromatic heterocycles. The number of hydrogen-bond donors (Lipinski definition) is 2. The number of carbonyl (C=O) groups is 1. The van der Waals surface area contributed by atoms with Gasteiger partial charge in [-0.15, -0.1) is 5.48 Å². The molecule has 0 aromatic carbocycles. The second-order valence-corrected chi connectivity index (χ2v) is 12.6. The summed E-state index contributed by atoms with van der Waals surface area (Å²) >= 11 is 6.44. The molecule has 0 bridgehead atoms. The van der Waals surface area contributed by atoms with Gasteiger partial charge in [0.2, 0.25) is 5.95 Å². The summed E-state index contributed by atoms with van der Waals surface area (Å²) in [4.78, 5) is 34.1. The number of aromatic nitrogens is 5. The van der Waals surface area contributed by atoms with E-state index in [-0.39, 0.29) is 6.04 Å². The number of rotatable bonds is 7. The fraction of sp³-hybridized carbons (Fsp3) is 0.516. The Labute approximate surface area is 255 Å². The summed E-state index contributed by atoms with van der Waals surface area (Å²) in [6, 6.07) is 3.94. The second kappa shape index (κ2) is 11.4. The molecule has 0 radical (unpaired) electrons. The molecule has 0 spiro atoms. The van der Waals surface area contributed by atoms with Gasteiger partial charge in [-0.3, -0.25) is 10.3 Å². The fourth-order valence-corrected chi connectivity index (χ4v) is 7.23. The van der Waals surface area contributed by atoms with Crippen LogP contribution in [-0.4, -0.2) is 37.3 Å². The molecule has 1 amide bonds. The van der Waals surface area contributed by atoms with Crippen molar-refractivity contribution in [2.45, 2.75) is 84.5 Å². The molecular formula is C31H37ClN8O3. The molecule has 2 saturated heterocycles. The van der Waals surface area contributed by atoms with Crippen LogP contribution >= 0.6 is 11.6 Å². The molecule has 1 aliphatic carbocycles. The Hall–Kier alpha value is -3.70. The van der Waals surface area contributed by atoms with Gasteiger partial charge in [0.25, 0.3) is 0 Å². The molecule has 4 aromatic rings. The Morgan fingerprint density at radius 1 is 1.12 bits per heavy atom. The van der Waals surface area contributed by atoms with Crippen LogP contribution in [0.1, 0.15) is 87.3 Å². The summed E-state index contributed by atoms with van der Waals surface area (Å²) in [6.45, 7) is 8.21. The lowest BCUT2D eigenvalue weighted by molar-refractivity contribution is 0.121. The predicted octanol–water partition coefficient (Wildman–Crippen LogP) is 6.42. The van der Waals surface area contributed by atoms with Crippen LogP contribution in [0.15, 0.2) is 29.0 Å². The van der Waals surface area contributed by atoms with Gasteiger partial charge in [-0.05, 0) is 63.0 Å². The monoisotopic (exact) mass is 604 g/mol. The van der Waals surface area contributed by atoms with Gasteiger partial charge in [-0.25, -0.2) is 14.8 Å². The van der Waals surface area contributed by atoms with Gasteiger partial charge in [-0.1, -0.05) is 43.4 Å². The molecular weight excluding hydrogens is 568 g/mol. The molecule has 12 heteroatoms. The summed E-state index contributed by atoms with van der Waals surface area (Å²) in [5.41, 5.74) is 8.77. The van der Waals surface area contributed by atoms with Crippen LogP contribution in [0.2, 0.25) is 5.02 Å². The zero-order valence-corrected chi connectivity index (χ0v) is 25.5. The molecule has 6 heterocycles. The second-order valence-electron chi connectivity index (χ2n) is 12.2. The number of anilines is 1. The number of amides is 1. The molecule has 1 saturated carbocycles. The molecule has 2 unspecified atom stereocenters. The van der Waals surface area contributed by atoms with Crippen LogP contribution in [0, 0.1) is 18.8 Å². The number of fused-ring (bicyclic) bond motifs is 1. The maximum Gasteiger partial charge on any atom is 0.427 e. The van der Waals surface area contributed by atoms with Crippen molar-refractivity contribution >= 4 is 34.7 Å². The fourth-order valence-electron chi connectivity index (χ4n) is 7.05. The summed E-state index contributed by atoms with van der Waals surface area (Å²) in [5, 5.41) is 7.69. The SMILES string of the molecule is CCc1noc(C)c1C1CCCN1c1nc2cc(C3NOC(=O)N3)nc(-c3cncc(Cl)c3)c2n1CC1CCC(C)CC1. The minimum Gasteiger partial charge on any atom is -0.361 e. The third kappa shape index (κ3) is 5.22. The van der Waals surface area contributed by atoms with Crippen molar-refractivity contribution in [3.8, 4) is 11.3 Å². The van der Waals surface area contributed by atoms with E-state index >= 15 is 0 Å². The Morgan fingerprint density at radius 2 is 1.95 bits per heavy atom. The molecule has 2 aliphatic heterocycles. The number of halogens is 1. The molecule has 226 valence electrons. The van der Waals surface area contributed by atoms with E-state index in [0.29, 0.717) is 16.6 Å². The van der Waals surface area contributed by atoms with Crippen LogP contribution in [0.3, 0.4) is 0 Å². The predicted molar refractivity (Wildman–Crippen MR) is 162 cm³/mol. The van der Waals surface area contributed by atoms with Crippen molar-refractivity contribution in [2.24, 2.45) is 11.8 Å². The first kappa shape index (κ1) is 28.1. The van der Waals surface area contributed by atoms with E-state index < -0.39 is 12.3 Å². The molecule has 2 N–H and O–H groups in total. The van der Waals surface area contributed by atoms with E-state index in [1.807, 2.05) is 19.1 Å². The minimum absolute atomic E-state index is 0.121. The van der Waals surface area contributed by atoms with E-state index in [2.05, 4.69) is 44.3 Å². The smallest absolute Gasteiger partial charge is 0.361 e. The number of carbonyl (C=O) groups excluding carboxylic acids is 1. The highest BCUT2D eigenvalue weighted by atomic mass is 35.5. The normalized spacial score (nSPS) is 24.1. The van der Waals surface area contributed by atoms with Gasteiger partial charge in [0.1, 0.15) is 5.76 Å². The quantitative estimate of drug-likeness (QED) is 0.246. The Kier molecular flexibility index (Phi) is 7.46. The van der Waals surface area contributed by atoms with Crippen LogP contribution in [0.25, 0.3) is 22.3 Å².